The highest BCUT2D eigenvalue weighted by molar-refractivity contribution is 7.89. The summed E-state index contributed by atoms with van der Waals surface area (Å²) in [6.07, 6.45) is 0.759. The smallest absolute Gasteiger partial charge is 0.238 e. The van der Waals surface area contributed by atoms with Gasteiger partial charge in [-0.15, -0.1) is 0 Å². The minimum Gasteiger partial charge on any atom is -0.494 e. The van der Waals surface area contributed by atoms with Gasteiger partial charge in [0.15, 0.2) is 0 Å². The minimum atomic E-state index is -3.68. The molecule has 0 aliphatic carbocycles. The first kappa shape index (κ1) is 14.0. The highest BCUT2D eigenvalue weighted by Gasteiger charge is 2.15. The maximum absolute atomic E-state index is 11.4. The summed E-state index contributed by atoms with van der Waals surface area (Å²) in [5.41, 5.74) is 6.54. The predicted octanol–water partition coefficient (Wildman–Crippen LogP) is 0.678. The molecule has 0 spiro atoms. The molecule has 0 bridgehead atoms. The summed E-state index contributed by atoms with van der Waals surface area (Å²) < 4.78 is 28.2. The van der Waals surface area contributed by atoms with Crippen LogP contribution in [0.15, 0.2) is 17.0 Å². The number of sulfonamides is 1. The lowest BCUT2D eigenvalue weighted by molar-refractivity contribution is 0.313. The molecule has 96 valence electrons. The van der Waals surface area contributed by atoms with Crippen LogP contribution in [0.1, 0.15) is 17.5 Å². The molecule has 1 rings (SSSR count). The van der Waals surface area contributed by atoms with Crippen LogP contribution in [0.5, 0.6) is 5.75 Å². The van der Waals surface area contributed by atoms with Crippen molar-refractivity contribution in [1.29, 1.82) is 0 Å². The molecular weight excluding hydrogens is 240 g/mol. The van der Waals surface area contributed by atoms with Gasteiger partial charge in [0.2, 0.25) is 10.0 Å². The van der Waals surface area contributed by atoms with E-state index >= 15 is 0 Å². The van der Waals surface area contributed by atoms with Crippen LogP contribution in [-0.2, 0) is 10.0 Å². The summed E-state index contributed by atoms with van der Waals surface area (Å²) >= 11 is 0. The molecule has 0 saturated heterocycles. The molecule has 0 aliphatic rings. The summed E-state index contributed by atoms with van der Waals surface area (Å²) in [7, 11) is -3.68. The van der Waals surface area contributed by atoms with E-state index in [1.165, 1.54) is 0 Å². The minimum absolute atomic E-state index is 0.170. The van der Waals surface area contributed by atoms with Crippen molar-refractivity contribution in [2.45, 2.75) is 25.2 Å². The van der Waals surface area contributed by atoms with E-state index in [0.29, 0.717) is 30.0 Å². The number of benzene rings is 1. The zero-order valence-corrected chi connectivity index (χ0v) is 10.9. The van der Waals surface area contributed by atoms with Crippen LogP contribution in [0.2, 0.25) is 0 Å². The second-order valence-electron chi connectivity index (χ2n) is 3.92. The van der Waals surface area contributed by atoms with Crippen molar-refractivity contribution in [2.24, 2.45) is 10.9 Å². The number of rotatable bonds is 5. The lowest BCUT2D eigenvalue weighted by Gasteiger charge is -2.11. The molecule has 0 aromatic heterocycles. The van der Waals surface area contributed by atoms with Gasteiger partial charge in [-0.3, -0.25) is 0 Å². The van der Waals surface area contributed by atoms with E-state index in [4.69, 9.17) is 15.6 Å². The molecular formula is C11H18N2O3S. The summed E-state index contributed by atoms with van der Waals surface area (Å²) in [4.78, 5) is 0.170. The van der Waals surface area contributed by atoms with Crippen molar-refractivity contribution in [3.05, 3.63) is 23.3 Å². The fraction of sp³-hybridized carbons (Fsp3) is 0.455. The monoisotopic (exact) mass is 258 g/mol. The molecule has 0 atom stereocenters. The van der Waals surface area contributed by atoms with Gasteiger partial charge >= 0.3 is 0 Å². The van der Waals surface area contributed by atoms with Crippen molar-refractivity contribution in [1.82, 2.24) is 0 Å². The Balaban J connectivity index is 3.02. The fourth-order valence-corrected chi connectivity index (χ4v) is 2.73. The third kappa shape index (κ3) is 3.69. The quantitative estimate of drug-likeness (QED) is 0.759. The first-order chi connectivity index (χ1) is 7.86. The Hall–Kier alpha value is -1.11. The third-order valence-corrected chi connectivity index (χ3v) is 3.55. The standard InChI is InChI=1S/C11H18N2O3S/c1-8-6-10(16-5-3-4-12)7-9(2)11(8)17(13,14)15/h6-7H,3-5,12H2,1-2H3,(H2,13,14,15). The van der Waals surface area contributed by atoms with Crippen molar-refractivity contribution < 1.29 is 13.2 Å². The van der Waals surface area contributed by atoms with Crippen LogP contribution in [0, 0.1) is 13.8 Å². The average Bonchev–Trinajstić information content (AvgIpc) is 2.14. The average molecular weight is 258 g/mol. The van der Waals surface area contributed by atoms with E-state index in [-0.39, 0.29) is 4.90 Å². The maximum atomic E-state index is 11.4. The Bertz CT molecular complexity index is 474. The molecule has 17 heavy (non-hydrogen) atoms. The second-order valence-corrected chi connectivity index (χ2v) is 5.42. The van der Waals surface area contributed by atoms with E-state index in [1.54, 1.807) is 26.0 Å². The fourth-order valence-electron chi connectivity index (χ4n) is 1.72. The molecule has 0 saturated carbocycles. The zero-order chi connectivity index (χ0) is 13.1. The number of hydrogen-bond donors (Lipinski definition) is 2. The summed E-state index contributed by atoms with van der Waals surface area (Å²) in [5.74, 6) is 0.640. The Morgan fingerprint density at radius 3 is 2.18 bits per heavy atom. The van der Waals surface area contributed by atoms with Crippen molar-refractivity contribution in [2.75, 3.05) is 13.2 Å². The largest absolute Gasteiger partial charge is 0.494 e. The van der Waals surface area contributed by atoms with Gasteiger partial charge in [-0.05, 0) is 50.1 Å². The van der Waals surface area contributed by atoms with Crippen molar-refractivity contribution in [3.63, 3.8) is 0 Å². The molecule has 0 radical (unpaired) electrons. The van der Waals surface area contributed by atoms with Gasteiger partial charge in [0.05, 0.1) is 11.5 Å². The number of ether oxygens (including phenoxy) is 1. The first-order valence-electron chi connectivity index (χ1n) is 5.33. The van der Waals surface area contributed by atoms with Gasteiger partial charge < -0.3 is 10.5 Å². The Morgan fingerprint density at radius 1 is 1.24 bits per heavy atom. The van der Waals surface area contributed by atoms with Crippen LogP contribution in [0.25, 0.3) is 0 Å². The lowest BCUT2D eigenvalue weighted by atomic mass is 10.1. The molecule has 0 amide bonds. The highest BCUT2D eigenvalue weighted by Crippen LogP contribution is 2.24. The van der Waals surface area contributed by atoms with Crippen LogP contribution >= 0.6 is 0 Å². The maximum Gasteiger partial charge on any atom is 0.238 e. The molecule has 0 unspecified atom stereocenters. The third-order valence-electron chi connectivity index (χ3n) is 2.34. The molecule has 1 aromatic carbocycles. The van der Waals surface area contributed by atoms with Crippen molar-refractivity contribution in [3.8, 4) is 5.75 Å². The molecule has 6 heteroatoms. The normalized spacial score (nSPS) is 11.5. The van der Waals surface area contributed by atoms with Crippen LogP contribution < -0.4 is 15.6 Å². The van der Waals surface area contributed by atoms with Crippen LogP contribution in [-0.4, -0.2) is 21.6 Å². The van der Waals surface area contributed by atoms with Crippen LogP contribution in [0.3, 0.4) is 0 Å². The summed E-state index contributed by atoms with van der Waals surface area (Å²) in [6, 6.07) is 3.34. The van der Waals surface area contributed by atoms with E-state index in [1.807, 2.05) is 0 Å². The Labute approximate surface area is 102 Å². The van der Waals surface area contributed by atoms with Gasteiger partial charge in [-0.25, -0.2) is 13.6 Å². The van der Waals surface area contributed by atoms with E-state index < -0.39 is 10.0 Å². The highest BCUT2D eigenvalue weighted by atomic mass is 32.2. The Kier molecular flexibility index (Phi) is 4.50. The Morgan fingerprint density at radius 2 is 1.76 bits per heavy atom. The van der Waals surface area contributed by atoms with Gasteiger partial charge in [-0.2, -0.15) is 0 Å². The lowest BCUT2D eigenvalue weighted by Crippen LogP contribution is -2.15. The number of primary sulfonamides is 1. The molecule has 5 nitrogen and oxygen atoms in total. The number of hydrogen-bond acceptors (Lipinski definition) is 4. The van der Waals surface area contributed by atoms with Crippen molar-refractivity contribution >= 4 is 10.0 Å². The molecule has 0 aliphatic heterocycles. The van der Waals surface area contributed by atoms with Gasteiger partial charge in [0.25, 0.3) is 0 Å². The molecule has 0 heterocycles. The second kappa shape index (κ2) is 5.48. The SMILES string of the molecule is Cc1cc(OCCCN)cc(C)c1S(N)(=O)=O. The first-order valence-corrected chi connectivity index (χ1v) is 6.88. The number of aryl methyl sites for hydroxylation is 2. The predicted molar refractivity (Wildman–Crippen MR) is 66.5 cm³/mol. The molecule has 0 fully saturated rings. The zero-order valence-electron chi connectivity index (χ0n) is 10.1. The van der Waals surface area contributed by atoms with Crippen LogP contribution in [0.4, 0.5) is 0 Å². The molecule has 1 aromatic rings. The number of nitrogens with two attached hydrogens (primary N) is 2. The summed E-state index contributed by atoms with van der Waals surface area (Å²) in [5, 5.41) is 5.15. The van der Waals surface area contributed by atoms with Gasteiger partial charge in [0, 0.05) is 0 Å². The van der Waals surface area contributed by atoms with Gasteiger partial charge in [-0.1, -0.05) is 0 Å². The van der Waals surface area contributed by atoms with E-state index in [0.717, 1.165) is 6.42 Å². The summed E-state index contributed by atoms with van der Waals surface area (Å²) in [6.45, 7) is 4.47. The molecule has 4 N–H and O–H groups in total. The van der Waals surface area contributed by atoms with E-state index in [9.17, 15) is 8.42 Å². The van der Waals surface area contributed by atoms with E-state index in [2.05, 4.69) is 0 Å². The topological polar surface area (TPSA) is 95.4 Å². The van der Waals surface area contributed by atoms with Gasteiger partial charge in [0.1, 0.15) is 5.75 Å².